The van der Waals surface area contributed by atoms with Crippen LogP contribution in [0.4, 0.5) is 0 Å². The number of nitrogens with one attached hydrogen (secondary N) is 1. The van der Waals surface area contributed by atoms with Gasteiger partial charge in [-0.2, -0.15) is 0 Å². The predicted octanol–water partition coefficient (Wildman–Crippen LogP) is 5.64. The van der Waals surface area contributed by atoms with Gasteiger partial charge in [0.2, 0.25) is 12.3 Å². The number of ether oxygens (including phenoxy) is 2. The monoisotopic (exact) mass is 572 g/mol. The van der Waals surface area contributed by atoms with Gasteiger partial charge in [0.05, 0.1) is 25.9 Å². The van der Waals surface area contributed by atoms with Gasteiger partial charge >= 0.3 is 0 Å². The molecule has 1 saturated heterocycles. The summed E-state index contributed by atoms with van der Waals surface area (Å²) in [6.45, 7) is 1.85. The molecular formula is C35H44N2O5. The first kappa shape index (κ1) is 31.3. The van der Waals surface area contributed by atoms with Gasteiger partial charge < -0.3 is 24.8 Å². The molecule has 4 unspecified atom stereocenters. The molecule has 2 amide bonds. The first-order valence-corrected chi connectivity index (χ1v) is 15.1. The van der Waals surface area contributed by atoms with Crippen molar-refractivity contribution in [1.82, 2.24) is 10.2 Å². The van der Waals surface area contributed by atoms with Crippen LogP contribution in [0.25, 0.3) is 0 Å². The number of aliphatic hydroxyl groups excluding tert-OH is 1. The first-order valence-electron chi connectivity index (χ1n) is 15.1. The van der Waals surface area contributed by atoms with E-state index in [0.717, 1.165) is 68.4 Å². The lowest BCUT2D eigenvalue weighted by atomic mass is 9.74. The Kier molecular flexibility index (Phi) is 12.4. The molecule has 3 aromatic rings. The van der Waals surface area contributed by atoms with Crippen LogP contribution < -0.4 is 10.1 Å². The molecule has 42 heavy (non-hydrogen) atoms. The minimum atomic E-state index is -0.392. The maximum absolute atomic E-state index is 13.3. The van der Waals surface area contributed by atoms with Crippen molar-refractivity contribution in [2.24, 2.45) is 5.92 Å². The number of amides is 2. The van der Waals surface area contributed by atoms with Crippen LogP contribution in [-0.2, 0) is 20.9 Å². The Balaban J connectivity index is 0.000000437. The van der Waals surface area contributed by atoms with Crippen molar-refractivity contribution in [3.05, 3.63) is 102 Å². The minimum absolute atomic E-state index is 0.0142. The number of carbonyl (C=O) groups is 2. The summed E-state index contributed by atoms with van der Waals surface area (Å²) in [7, 11) is 1.66. The number of methoxy groups -OCH3 is 1. The Morgan fingerprint density at radius 3 is 2.26 bits per heavy atom. The summed E-state index contributed by atoms with van der Waals surface area (Å²) >= 11 is 0. The Morgan fingerprint density at radius 2 is 1.67 bits per heavy atom. The first-order chi connectivity index (χ1) is 20.6. The Morgan fingerprint density at radius 1 is 0.976 bits per heavy atom. The highest BCUT2D eigenvalue weighted by Crippen LogP contribution is 2.38. The molecule has 2 aliphatic rings. The highest BCUT2D eigenvalue weighted by atomic mass is 16.5. The Labute approximate surface area is 249 Å². The van der Waals surface area contributed by atoms with Gasteiger partial charge in [0.1, 0.15) is 5.75 Å². The molecule has 7 heteroatoms. The van der Waals surface area contributed by atoms with Crippen molar-refractivity contribution in [3.63, 3.8) is 0 Å². The second-order valence-electron chi connectivity index (χ2n) is 11.1. The Hall–Kier alpha value is -3.68. The predicted molar refractivity (Wildman–Crippen MR) is 164 cm³/mol. The van der Waals surface area contributed by atoms with Gasteiger partial charge in [-0.05, 0) is 60.4 Å². The van der Waals surface area contributed by atoms with E-state index in [0.29, 0.717) is 13.1 Å². The minimum Gasteiger partial charge on any atom is -0.497 e. The van der Waals surface area contributed by atoms with E-state index in [1.54, 1.807) is 12.0 Å². The van der Waals surface area contributed by atoms with Gasteiger partial charge in [-0.25, -0.2) is 0 Å². The highest BCUT2D eigenvalue weighted by molar-refractivity contribution is 5.80. The maximum atomic E-state index is 13.3. The van der Waals surface area contributed by atoms with Crippen molar-refractivity contribution < 1.29 is 24.2 Å². The standard InChI is InChI=1S/C28H36N2O4.C7H8O/c31-19-27(23-7-2-1-3-8-23)29-28(33)26-11-5-4-10-25(26)22-14-12-21(13-15-22)17-30(20-32)18-24-9-6-16-34-24;1-8-7-5-3-2-4-6-7/h1-3,7-8,12-15,20,24-27,31H,4-6,9-11,16-19H2,(H,29,33);2-6H,1H3. The molecule has 7 nitrogen and oxygen atoms in total. The summed E-state index contributed by atoms with van der Waals surface area (Å²) in [4.78, 5) is 26.6. The molecule has 5 rings (SSSR count). The van der Waals surface area contributed by atoms with Crippen LogP contribution in [0.5, 0.6) is 5.75 Å². The van der Waals surface area contributed by atoms with Crippen LogP contribution in [0.2, 0.25) is 0 Å². The summed E-state index contributed by atoms with van der Waals surface area (Å²) in [6.07, 6.45) is 7.10. The van der Waals surface area contributed by atoms with E-state index < -0.39 is 6.04 Å². The molecule has 1 aliphatic heterocycles. The molecule has 0 spiro atoms. The van der Waals surface area contributed by atoms with E-state index in [1.807, 2.05) is 60.7 Å². The van der Waals surface area contributed by atoms with E-state index in [1.165, 1.54) is 5.56 Å². The highest BCUT2D eigenvalue weighted by Gasteiger charge is 2.33. The quantitative estimate of drug-likeness (QED) is 0.290. The molecular weight excluding hydrogens is 528 g/mol. The zero-order chi connectivity index (χ0) is 29.6. The van der Waals surface area contributed by atoms with Crippen LogP contribution in [0.1, 0.15) is 67.2 Å². The van der Waals surface area contributed by atoms with Crippen LogP contribution >= 0.6 is 0 Å². The van der Waals surface area contributed by atoms with Gasteiger partial charge in [-0.3, -0.25) is 9.59 Å². The van der Waals surface area contributed by atoms with E-state index in [9.17, 15) is 14.7 Å². The number of carbonyl (C=O) groups excluding carboxylic acids is 2. The summed E-state index contributed by atoms with van der Waals surface area (Å²) in [5.74, 6) is 0.975. The average Bonchev–Trinajstić information content (AvgIpc) is 3.58. The number of hydrogen-bond acceptors (Lipinski definition) is 5. The molecule has 4 atom stereocenters. The van der Waals surface area contributed by atoms with Crippen molar-refractivity contribution in [3.8, 4) is 5.75 Å². The van der Waals surface area contributed by atoms with E-state index in [4.69, 9.17) is 9.47 Å². The molecule has 0 radical (unpaired) electrons. The lowest BCUT2D eigenvalue weighted by molar-refractivity contribution is -0.127. The fraction of sp³-hybridized carbons (Fsp3) is 0.429. The normalized spacial score (nSPS) is 20.5. The van der Waals surface area contributed by atoms with Gasteiger partial charge in [0.25, 0.3) is 0 Å². The lowest BCUT2D eigenvalue weighted by Gasteiger charge is -2.32. The molecule has 2 N–H and O–H groups in total. The molecule has 3 aromatic carbocycles. The van der Waals surface area contributed by atoms with E-state index in [2.05, 4.69) is 29.6 Å². The number of para-hydroxylation sites is 1. The summed E-state index contributed by atoms with van der Waals surface area (Å²) in [5.41, 5.74) is 3.16. The maximum Gasteiger partial charge on any atom is 0.224 e. The van der Waals surface area contributed by atoms with Gasteiger partial charge in [0, 0.05) is 25.6 Å². The van der Waals surface area contributed by atoms with Gasteiger partial charge in [0.15, 0.2) is 0 Å². The third-order valence-electron chi connectivity index (χ3n) is 8.19. The third kappa shape index (κ3) is 9.16. The number of hydrogen-bond donors (Lipinski definition) is 2. The average molecular weight is 573 g/mol. The summed E-state index contributed by atoms with van der Waals surface area (Å²) < 4.78 is 10.6. The molecule has 1 aliphatic carbocycles. The zero-order valence-electron chi connectivity index (χ0n) is 24.6. The molecule has 224 valence electrons. The smallest absolute Gasteiger partial charge is 0.224 e. The lowest BCUT2D eigenvalue weighted by Crippen LogP contribution is -2.39. The molecule has 0 bridgehead atoms. The van der Waals surface area contributed by atoms with E-state index >= 15 is 0 Å². The zero-order valence-corrected chi connectivity index (χ0v) is 24.6. The summed E-state index contributed by atoms with van der Waals surface area (Å²) in [6, 6.07) is 27.3. The molecule has 1 saturated carbocycles. The second-order valence-corrected chi connectivity index (χ2v) is 11.1. The Bertz CT molecular complexity index is 1200. The number of nitrogens with zero attached hydrogens (tertiary/aromatic N) is 1. The summed E-state index contributed by atoms with van der Waals surface area (Å²) in [5, 5.41) is 13.0. The van der Waals surface area contributed by atoms with Crippen molar-refractivity contribution >= 4 is 12.3 Å². The molecule has 0 aromatic heterocycles. The largest absolute Gasteiger partial charge is 0.497 e. The third-order valence-corrected chi connectivity index (χ3v) is 8.19. The number of benzene rings is 3. The van der Waals surface area contributed by atoms with Gasteiger partial charge in [-0.1, -0.05) is 85.6 Å². The second kappa shape index (κ2) is 16.7. The molecule has 2 fully saturated rings. The number of aliphatic hydroxyl groups is 1. The van der Waals surface area contributed by atoms with Gasteiger partial charge in [-0.15, -0.1) is 0 Å². The van der Waals surface area contributed by atoms with Crippen LogP contribution in [0.15, 0.2) is 84.9 Å². The van der Waals surface area contributed by atoms with Crippen LogP contribution in [0.3, 0.4) is 0 Å². The van der Waals surface area contributed by atoms with Crippen molar-refractivity contribution in [1.29, 1.82) is 0 Å². The van der Waals surface area contributed by atoms with E-state index in [-0.39, 0.29) is 30.5 Å². The topological polar surface area (TPSA) is 88.1 Å². The fourth-order valence-electron chi connectivity index (χ4n) is 5.90. The van der Waals surface area contributed by atoms with Crippen molar-refractivity contribution in [2.45, 2.75) is 63.1 Å². The van der Waals surface area contributed by atoms with Crippen LogP contribution in [-0.4, -0.2) is 55.3 Å². The van der Waals surface area contributed by atoms with Crippen LogP contribution in [0, 0.1) is 5.92 Å². The van der Waals surface area contributed by atoms with Crippen molar-refractivity contribution in [2.75, 3.05) is 26.9 Å². The fourth-order valence-corrected chi connectivity index (χ4v) is 5.90. The number of rotatable bonds is 11. The molecule has 1 heterocycles. The SMILES string of the molecule is COc1ccccc1.O=CN(Cc1ccc(C2CCCCC2C(=O)NC(CO)c2ccccc2)cc1)CC1CCCO1.